The van der Waals surface area contributed by atoms with Crippen LogP contribution in [0.5, 0.6) is 0 Å². The summed E-state index contributed by atoms with van der Waals surface area (Å²) in [5.41, 5.74) is 1.83. The van der Waals surface area contributed by atoms with Crippen molar-refractivity contribution in [2.75, 3.05) is 32.1 Å². The Morgan fingerprint density at radius 3 is 2.80 bits per heavy atom. The van der Waals surface area contributed by atoms with Crippen LogP contribution in [0.1, 0.15) is 16.1 Å². The van der Waals surface area contributed by atoms with E-state index in [4.69, 9.17) is 4.74 Å². The van der Waals surface area contributed by atoms with Gasteiger partial charge in [-0.05, 0) is 30.3 Å². The van der Waals surface area contributed by atoms with Gasteiger partial charge in [-0.15, -0.1) is 0 Å². The predicted molar refractivity (Wildman–Crippen MR) is 95.2 cm³/mol. The van der Waals surface area contributed by atoms with Crippen molar-refractivity contribution in [2.45, 2.75) is 6.54 Å². The van der Waals surface area contributed by atoms with Crippen molar-refractivity contribution in [1.82, 2.24) is 15.6 Å². The van der Waals surface area contributed by atoms with Crippen LogP contribution in [0.25, 0.3) is 0 Å². The van der Waals surface area contributed by atoms with Crippen LogP contribution in [0.2, 0.25) is 0 Å². The zero-order valence-corrected chi connectivity index (χ0v) is 14.1. The molecule has 0 aliphatic heterocycles. The third-order valence-corrected chi connectivity index (χ3v) is 3.33. The summed E-state index contributed by atoms with van der Waals surface area (Å²) in [6, 6.07) is 12.3. The highest BCUT2D eigenvalue weighted by molar-refractivity contribution is 5.97. The number of rotatable bonds is 9. The fraction of sp³-hybridized carbons (Fsp3) is 0.278. The van der Waals surface area contributed by atoms with Crippen LogP contribution in [-0.2, 0) is 16.1 Å². The minimum atomic E-state index is -0.222. The van der Waals surface area contributed by atoms with Crippen molar-refractivity contribution in [2.24, 2.45) is 0 Å². The molecule has 0 saturated heterocycles. The SMILES string of the molecule is COCCNCC(=O)Nc1cccc(C(=O)NCc2ccccn2)c1. The third-order valence-electron chi connectivity index (χ3n) is 3.33. The molecule has 1 aromatic carbocycles. The lowest BCUT2D eigenvalue weighted by molar-refractivity contribution is -0.115. The molecule has 0 bridgehead atoms. The number of amides is 2. The highest BCUT2D eigenvalue weighted by Crippen LogP contribution is 2.10. The molecular weight excluding hydrogens is 320 g/mol. The first kappa shape index (κ1) is 18.6. The number of carbonyl (C=O) groups is 2. The Hall–Kier alpha value is -2.77. The summed E-state index contributed by atoms with van der Waals surface area (Å²) >= 11 is 0. The summed E-state index contributed by atoms with van der Waals surface area (Å²) in [6.07, 6.45) is 1.68. The molecule has 0 unspecified atom stereocenters. The highest BCUT2D eigenvalue weighted by Gasteiger charge is 2.08. The van der Waals surface area contributed by atoms with Gasteiger partial charge >= 0.3 is 0 Å². The van der Waals surface area contributed by atoms with Crippen LogP contribution >= 0.6 is 0 Å². The molecule has 0 fully saturated rings. The quantitative estimate of drug-likeness (QED) is 0.595. The van der Waals surface area contributed by atoms with Crippen LogP contribution in [0.15, 0.2) is 48.7 Å². The van der Waals surface area contributed by atoms with E-state index in [1.807, 2.05) is 18.2 Å². The summed E-state index contributed by atoms with van der Waals surface area (Å²) in [7, 11) is 1.60. The van der Waals surface area contributed by atoms with Crippen LogP contribution in [0, 0.1) is 0 Å². The molecule has 25 heavy (non-hydrogen) atoms. The molecule has 1 aromatic heterocycles. The smallest absolute Gasteiger partial charge is 0.251 e. The number of aromatic nitrogens is 1. The molecule has 0 saturated carbocycles. The number of nitrogens with one attached hydrogen (secondary N) is 3. The second-order valence-corrected chi connectivity index (χ2v) is 5.30. The fourth-order valence-corrected chi connectivity index (χ4v) is 2.10. The Morgan fingerprint density at radius 2 is 2.04 bits per heavy atom. The molecule has 7 nitrogen and oxygen atoms in total. The van der Waals surface area contributed by atoms with Crippen LogP contribution < -0.4 is 16.0 Å². The first-order valence-corrected chi connectivity index (χ1v) is 7.96. The maximum Gasteiger partial charge on any atom is 0.251 e. The lowest BCUT2D eigenvalue weighted by Gasteiger charge is -2.09. The molecule has 132 valence electrons. The third kappa shape index (κ3) is 6.70. The Kier molecular flexibility index (Phi) is 7.55. The highest BCUT2D eigenvalue weighted by atomic mass is 16.5. The average molecular weight is 342 g/mol. The fourth-order valence-electron chi connectivity index (χ4n) is 2.10. The van der Waals surface area contributed by atoms with E-state index in [0.29, 0.717) is 30.9 Å². The topological polar surface area (TPSA) is 92.4 Å². The number of methoxy groups -OCH3 is 1. The van der Waals surface area contributed by atoms with Crippen molar-refractivity contribution in [1.29, 1.82) is 0 Å². The van der Waals surface area contributed by atoms with Gasteiger partial charge in [-0.25, -0.2) is 0 Å². The molecule has 2 rings (SSSR count). The van der Waals surface area contributed by atoms with Crippen molar-refractivity contribution in [3.05, 3.63) is 59.9 Å². The number of carbonyl (C=O) groups excluding carboxylic acids is 2. The van der Waals surface area contributed by atoms with Gasteiger partial charge in [0.2, 0.25) is 5.91 Å². The lowest BCUT2D eigenvalue weighted by atomic mass is 10.2. The second kappa shape index (κ2) is 10.2. The van der Waals surface area contributed by atoms with Crippen molar-refractivity contribution in [3.8, 4) is 0 Å². The van der Waals surface area contributed by atoms with Crippen molar-refractivity contribution in [3.63, 3.8) is 0 Å². The minimum absolute atomic E-state index is 0.179. The van der Waals surface area contributed by atoms with E-state index in [0.717, 1.165) is 5.69 Å². The van der Waals surface area contributed by atoms with E-state index >= 15 is 0 Å². The Morgan fingerprint density at radius 1 is 1.16 bits per heavy atom. The molecule has 0 radical (unpaired) electrons. The largest absolute Gasteiger partial charge is 0.383 e. The first-order valence-electron chi connectivity index (χ1n) is 7.96. The number of benzene rings is 1. The van der Waals surface area contributed by atoms with Gasteiger partial charge in [0.1, 0.15) is 0 Å². The summed E-state index contributed by atoms with van der Waals surface area (Å²) in [5.74, 6) is -0.401. The number of hydrogen-bond acceptors (Lipinski definition) is 5. The molecule has 1 heterocycles. The van der Waals surface area contributed by atoms with Crippen molar-refractivity contribution >= 4 is 17.5 Å². The van der Waals surface area contributed by atoms with Gasteiger partial charge in [0, 0.05) is 31.1 Å². The van der Waals surface area contributed by atoms with Gasteiger partial charge in [-0.1, -0.05) is 12.1 Å². The molecule has 0 aliphatic carbocycles. The number of ether oxygens (including phenoxy) is 1. The monoisotopic (exact) mass is 342 g/mol. The van der Waals surface area contributed by atoms with E-state index in [1.165, 1.54) is 0 Å². The van der Waals surface area contributed by atoms with Gasteiger partial charge in [-0.3, -0.25) is 14.6 Å². The van der Waals surface area contributed by atoms with Gasteiger partial charge < -0.3 is 20.7 Å². The molecule has 0 spiro atoms. The maximum absolute atomic E-state index is 12.2. The zero-order valence-electron chi connectivity index (χ0n) is 14.1. The van der Waals surface area contributed by atoms with E-state index in [2.05, 4.69) is 20.9 Å². The zero-order chi connectivity index (χ0) is 17.9. The Balaban J connectivity index is 1.85. The first-order chi connectivity index (χ1) is 12.2. The van der Waals surface area contributed by atoms with E-state index in [9.17, 15) is 9.59 Å². The normalized spacial score (nSPS) is 10.3. The van der Waals surface area contributed by atoms with Crippen LogP contribution in [0.3, 0.4) is 0 Å². The average Bonchev–Trinajstić information content (AvgIpc) is 2.64. The lowest BCUT2D eigenvalue weighted by Crippen LogP contribution is -2.30. The van der Waals surface area contributed by atoms with Gasteiger partial charge in [0.15, 0.2) is 0 Å². The molecule has 0 aliphatic rings. The number of anilines is 1. The molecule has 2 aromatic rings. The summed E-state index contributed by atoms with van der Waals surface area (Å²) in [4.78, 5) is 28.2. The van der Waals surface area contributed by atoms with Gasteiger partial charge in [-0.2, -0.15) is 0 Å². The summed E-state index contributed by atoms with van der Waals surface area (Å²) in [5, 5.41) is 8.52. The molecule has 3 N–H and O–H groups in total. The maximum atomic E-state index is 12.2. The minimum Gasteiger partial charge on any atom is -0.383 e. The van der Waals surface area contributed by atoms with E-state index < -0.39 is 0 Å². The Labute approximate surface area is 146 Å². The van der Waals surface area contributed by atoms with Crippen LogP contribution in [-0.4, -0.2) is 43.6 Å². The van der Waals surface area contributed by atoms with Gasteiger partial charge in [0.25, 0.3) is 5.91 Å². The van der Waals surface area contributed by atoms with Crippen LogP contribution in [0.4, 0.5) is 5.69 Å². The molecule has 2 amide bonds. The second-order valence-electron chi connectivity index (χ2n) is 5.30. The van der Waals surface area contributed by atoms with E-state index in [1.54, 1.807) is 37.6 Å². The molecule has 7 heteroatoms. The predicted octanol–water partition coefficient (Wildman–Crippen LogP) is 1.19. The Bertz CT molecular complexity index is 692. The van der Waals surface area contributed by atoms with Crippen molar-refractivity contribution < 1.29 is 14.3 Å². The van der Waals surface area contributed by atoms with E-state index in [-0.39, 0.29) is 18.4 Å². The summed E-state index contributed by atoms with van der Waals surface area (Å²) < 4.78 is 4.90. The summed E-state index contributed by atoms with van der Waals surface area (Å²) in [6.45, 7) is 1.66. The number of hydrogen-bond donors (Lipinski definition) is 3. The van der Waals surface area contributed by atoms with Gasteiger partial charge in [0.05, 0.1) is 25.4 Å². The number of pyridine rings is 1. The molecule has 0 atom stereocenters. The number of nitrogens with zero attached hydrogens (tertiary/aromatic N) is 1. The standard InChI is InChI=1S/C18H22N4O3/c1-25-10-9-19-13-17(23)22-15-7-4-5-14(11-15)18(24)21-12-16-6-2-3-8-20-16/h2-8,11,19H,9-10,12-13H2,1H3,(H,21,24)(H,22,23). The molecular formula is C18H22N4O3.